The van der Waals surface area contributed by atoms with E-state index in [1.165, 1.54) is 0 Å². The van der Waals surface area contributed by atoms with Gasteiger partial charge in [-0.2, -0.15) is 0 Å². The lowest BCUT2D eigenvalue weighted by molar-refractivity contribution is -0.0271. The minimum Gasteiger partial charge on any atom is -0.394 e. The van der Waals surface area contributed by atoms with Crippen LogP contribution in [-0.4, -0.2) is 144 Å². The maximum atomic E-state index is 8.55. The van der Waals surface area contributed by atoms with Crippen molar-refractivity contribution < 1.29 is 52.5 Å². The van der Waals surface area contributed by atoms with Crippen molar-refractivity contribution in [3.63, 3.8) is 0 Å². The van der Waals surface area contributed by atoms with Gasteiger partial charge in [0.05, 0.1) is 132 Å². The monoisotopic (exact) mass is 514 g/mol. The number of aliphatic hydroxyl groups is 1. The third-order valence-corrected chi connectivity index (χ3v) is 4.03. The summed E-state index contributed by atoms with van der Waals surface area (Å²) in [6.07, 6.45) is 0. The smallest absolute Gasteiger partial charge is 0.0701 e. The van der Waals surface area contributed by atoms with Crippen LogP contribution in [0.25, 0.3) is 0 Å². The molecule has 0 bridgehead atoms. The van der Waals surface area contributed by atoms with Gasteiger partial charge in [0.1, 0.15) is 0 Å². The Morgan fingerprint density at radius 2 is 0.543 bits per heavy atom. The van der Waals surface area contributed by atoms with Crippen LogP contribution in [0.15, 0.2) is 0 Å². The van der Waals surface area contributed by atoms with E-state index in [4.69, 9.17) is 52.5 Å². The Labute approximate surface area is 211 Å². The standard InChI is InChI=1S/C24H50O11/c1-24(2)23-35-22-21-34-20-19-33-18-17-32-16-15-31-14-13-30-12-11-29-10-9-28-8-7-27-6-5-26-4-3-25/h24-25H,3-23H2,1-2H3. The summed E-state index contributed by atoms with van der Waals surface area (Å²) < 4.78 is 53.8. The quantitative estimate of drug-likeness (QED) is 0.133. The fraction of sp³-hybridized carbons (Fsp3) is 1.00. The van der Waals surface area contributed by atoms with Gasteiger partial charge >= 0.3 is 0 Å². The molecule has 11 heteroatoms. The summed E-state index contributed by atoms with van der Waals surface area (Å²) in [4.78, 5) is 0. The average molecular weight is 515 g/mol. The Morgan fingerprint density at radius 1 is 0.343 bits per heavy atom. The molecule has 0 aliphatic carbocycles. The van der Waals surface area contributed by atoms with Crippen molar-refractivity contribution in [1.29, 1.82) is 0 Å². The number of aliphatic hydroxyl groups excluding tert-OH is 1. The summed E-state index contributed by atoms with van der Waals surface area (Å²) in [5.41, 5.74) is 0. The van der Waals surface area contributed by atoms with Gasteiger partial charge in [0.2, 0.25) is 0 Å². The first kappa shape index (κ1) is 34.6. The maximum absolute atomic E-state index is 8.55. The summed E-state index contributed by atoms with van der Waals surface area (Å²) in [6.45, 7) is 14.9. The van der Waals surface area contributed by atoms with Crippen molar-refractivity contribution in [3.8, 4) is 0 Å². The summed E-state index contributed by atoms with van der Waals surface area (Å²) in [5, 5.41) is 8.55. The molecule has 0 rings (SSSR count). The molecule has 1 N–H and O–H groups in total. The van der Waals surface area contributed by atoms with E-state index in [0.29, 0.717) is 131 Å². The van der Waals surface area contributed by atoms with Crippen molar-refractivity contribution in [3.05, 3.63) is 0 Å². The molecule has 0 aromatic heterocycles. The first-order valence-electron chi connectivity index (χ1n) is 12.7. The van der Waals surface area contributed by atoms with Crippen LogP contribution in [0.3, 0.4) is 0 Å². The third kappa shape index (κ3) is 33.6. The van der Waals surface area contributed by atoms with Gasteiger partial charge in [-0.3, -0.25) is 0 Å². The minimum absolute atomic E-state index is 0.0299. The molecule has 0 amide bonds. The fourth-order valence-corrected chi connectivity index (χ4v) is 2.36. The molecule has 0 unspecified atom stereocenters. The topological polar surface area (TPSA) is 113 Å². The largest absolute Gasteiger partial charge is 0.394 e. The van der Waals surface area contributed by atoms with Crippen molar-refractivity contribution >= 4 is 0 Å². The Bertz CT molecular complexity index is 375. The van der Waals surface area contributed by atoms with Crippen molar-refractivity contribution in [1.82, 2.24) is 0 Å². The molecule has 0 heterocycles. The number of ether oxygens (including phenoxy) is 10. The molecule has 0 aliphatic rings. The van der Waals surface area contributed by atoms with E-state index in [1.54, 1.807) is 0 Å². The Morgan fingerprint density at radius 3 is 0.743 bits per heavy atom. The second-order valence-electron chi connectivity index (χ2n) is 7.70. The van der Waals surface area contributed by atoms with E-state index < -0.39 is 0 Å². The number of hydrogen-bond acceptors (Lipinski definition) is 11. The zero-order chi connectivity index (χ0) is 25.5. The highest BCUT2D eigenvalue weighted by Crippen LogP contribution is 1.92. The SMILES string of the molecule is CC(C)COCCOCCOCCOCCOCCOCCOCCOCCOCCOCCO. The molecule has 0 saturated carbocycles. The molecule has 0 aromatic carbocycles. The molecule has 35 heavy (non-hydrogen) atoms. The zero-order valence-electron chi connectivity index (χ0n) is 22.0. The van der Waals surface area contributed by atoms with Gasteiger partial charge in [0, 0.05) is 6.61 Å². The average Bonchev–Trinajstić information content (AvgIpc) is 2.85. The molecule has 11 nitrogen and oxygen atoms in total. The van der Waals surface area contributed by atoms with E-state index in [2.05, 4.69) is 13.8 Å². The second-order valence-corrected chi connectivity index (χ2v) is 7.70. The summed E-state index contributed by atoms with van der Waals surface area (Å²) in [5.74, 6) is 0.549. The van der Waals surface area contributed by atoms with Crippen LogP contribution in [0.2, 0.25) is 0 Å². The van der Waals surface area contributed by atoms with Crippen LogP contribution in [0.5, 0.6) is 0 Å². The summed E-state index contributed by atoms with van der Waals surface area (Å²) in [6, 6.07) is 0. The Balaban J connectivity index is 3.01. The van der Waals surface area contributed by atoms with Crippen LogP contribution in [0, 0.1) is 5.92 Å². The van der Waals surface area contributed by atoms with E-state index >= 15 is 0 Å². The molecule has 0 aromatic rings. The Kier molecular flexibility index (Phi) is 31.2. The lowest BCUT2D eigenvalue weighted by Crippen LogP contribution is -2.15. The first-order valence-corrected chi connectivity index (χ1v) is 12.7. The van der Waals surface area contributed by atoms with Crippen LogP contribution in [-0.2, 0) is 47.4 Å². The fourth-order valence-electron chi connectivity index (χ4n) is 2.36. The summed E-state index contributed by atoms with van der Waals surface area (Å²) >= 11 is 0. The lowest BCUT2D eigenvalue weighted by Gasteiger charge is -2.09. The maximum Gasteiger partial charge on any atom is 0.0701 e. The molecule has 0 saturated heterocycles. The predicted octanol–water partition coefficient (Wildman–Crippen LogP) is 0.801. The molecule has 0 aliphatic heterocycles. The lowest BCUT2D eigenvalue weighted by atomic mass is 10.2. The highest BCUT2D eigenvalue weighted by molar-refractivity contribution is 4.40. The zero-order valence-corrected chi connectivity index (χ0v) is 22.0. The van der Waals surface area contributed by atoms with Crippen LogP contribution >= 0.6 is 0 Å². The van der Waals surface area contributed by atoms with E-state index in [1.807, 2.05) is 0 Å². The summed E-state index contributed by atoms with van der Waals surface area (Å²) in [7, 11) is 0. The van der Waals surface area contributed by atoms with Crippen LogP contribution < -0.4 is 0 Å². The van der Waals surface area contributed by atoms with Crippen molar-refractivity contribution in [2.24, 2.45) is 5.92 Å². The van der Waals surface area contributed by atoms with Gasteiger partial charge in [0.15, 0.2) is 0 Å². The van der Waals surface area contributed by atoms with Gasteiger partial charge in [-0.15, -0.1) is 0 Å². The number of rotatable bonds is 31. The van der Waals surface area contributed by atoms with E-state index in [0.717, 1.165) is 6.61 Å². The van der Waals surface area contributed by atoms with E-state index in [-0.39, 0.29) is 6.61 Å². The second kappa shape index (κ2) is 31.6. The highest BCUT2D eigenvalue weighted by atomic mass is 16.6. The molecule has 0 fully saturated rings. The van der Waals surface area contributed by atoms with Gasteiger partial charge in [-0.1, -0.05) is 13.8 Å². The van der Waals surface area contributed by atoms with Gasteiger partial charge in [-0.05, 0) is 5.92 Å². The van der Waals surface area contributed by atoms with Crippen molar-refractivity contribution in [2.75, 3.05) is 139 Å². The van der Waals surface area contributed by atoms with Gasteiger partial charge in [-0.25, -0.2) is 0 Å². The first-order chi connectivity index (χ1) is 17.3. The van der Waals surface area contributed by atoms with Crippen molar-refractivity contribution in [2.45, 2.75) is 13.8 Å². The third-order valence-electron chi connectivity index (χ3n) is 4.03. The highest BCUT2D eigenvalue weighted by Gasteiger charge is 1.96. The normalized spacial score (nSPS) is 11.7. The molecule has 0 spiro atoms. The minimum atomic E-state index is 0.0299. The van der Waals surface area contributed by atoms with Gasteiger partial charge in [0.25, 0.3) is 0 Å². The molecular formula is C24H50O11. The van der Waals surface area contributed by atoms with E-state index in [9.17, 15) is 0 Å². The molecule has 0 atom stereocenters. The van der Waals surface area contributed by atoms with Crippen LogP contribution in [0.4, 0.5) is 0 Å². The predicted molar refractivity (Wildman–Crippen MR) is 130 cm³/mol. The molecular weight excluding hydrogens is 464 g/mol. The molecule has 212 valence electrons. The van der Waals surface area contributed by atoms with Gasteiger partial charge < -0.3 is 52.5 Å². The Hall–Kier alpha value is -0.440. The number of hydrogen-bond donors (Lipinski definition) is 1. The molecule has 0 radical (unpaired) electrons. The van der Waals surface area contributed by atoms with Crippen LogP contribution in [0.1, 0.15) is 13.8 Å².